The van der Waals surface area contributed by atoms with Crippen molar-refractivity contribution in [1.29, 1.82) is 0 Å². The van der Waals surface area contributed by atoms with Crippen LogP contribution in [0, 0.1) is 11.3 Å². The zero-order valence-corrected chi connectivity index (χ0v) is 8.49. The Bertz CT molecular complexity index is 184. The quantitative estimate of drug-likeness (QED) is 0.463. The molecule has 0 heterocycles. The van der Waals surface area contributed by atoms with Crippen molar-refractivity contribution in [1.82, 2.24) is 0 Å². The van der Waals surface area contributed by atoms with Crippen LogP contribution in [-0.2, 0) is 0 Å². The summed E-state index contributed by atoms with van der Waals surface area (Å²) >= 11 is 0. The second-order valence-corrected chi connectivity index (χ2v) is 4.63. The third-order valence-electron chi connectivity index (χ3n) is 3.55. The van der Waals surface area contributed by atoms with Crippen LogP contribution < -0.4 is 0 Å². The molecule has 0 bridgehead atoms. The van der Waals surface area contributed by atoms with Crippen LogP contribution in [-0.4, -0.2) is 0 Å². The number of allylic oxidation sites excluding steroid dienone is 2. The monoisotopic (exact) mass is 152 g/mol. The number of hydrogen-bond acceptors (Lipinski definition) is 0. The van der Waals surface area contributed by atoms with Crippen LogP contribution in [0.2, 0.25) is 0 Å². The molecule has 0 aromatic rings. The highest BCUT2D eigenvalue weighted by Crippen LogP contribution is 2.41. The summed E-state index contributed by atoms with van der Waals surface area (Å²) in [5.74, 6) is 0.822. The molecule has 0 N–H and O–H groups in total. The van der Waals surface area contributed by atoms with E-state index in [1.165, 1.54) is 12.8 Å². The van der Waals surface area contributed by atoms with Gasteiger partial charge in [-0.05, 0) is 38.0 Å². The Morgan fingerprint density at radius 2 is 1.82 bits per heavy atom. The Labute approximate surface area is 70.7 Å². The van der Waals surface area contributed by atoms with Crippen molar-refractivity contribution in [2.75, 3.05) is 0 Å². The van der Waals surface area contributed by atoms with Gasteiger partial charge in [-0.2, -0.15) is 0 Å². The largest absolute Gasteiger partial charge is 0.0710 e. The minimum absolute atomic E-state index is 0.469. The molecule has 1 aliphatic carbocycles. The van der Waals surface area contributed by atoms with Crippen molar-refractivity contribution < 1.29 is 0 Å². The molecular formula is C11H20. The van der Waals surface area contributed by atoms with Gasteiger partial charge in [-0.1, -0.05) is 31.9 Å². The molecule has 0 saturated carbocycles. The van der Waals surface area contributed by atoms with Gasteiger partial charge >= 0.3 is 0 Å². The molecule has 0 fully saturated rings. The third kappa shape index (κ3) is 1.50. The van der Waals surface area contributed by atoms with Crippen LogP contribution in [0.25, 0.3) is 0 Å². The first-order valence-electron chi connectivity index (χ1n) is 4.63. The molecule has 1 unspecified atom stereocenters. The summed E-state index contributed by atoms with van der Waals surface area (Å²) in [6, 6.07) is 0. The van der Waals surface area contributed by atoms with Gasteiger partial charge in [-0.25, -0.2) is 0 Å². The van der Waals surface area contributed by atoms with Gasteiger partial charge in [-0.3, -0.25) is 0 Å². The summed E-state index contributed by atoms with van der Waals surface area (Å²) in [5, 5.41) is 0. The molecule has 0 saturated heterocycles. The molecule has 11 heavy (non-hydrogen) atoms. The van der Waals surface area contributed by atoms with E-state index in [1.807, 2.05) is 0 Å². The van der Waals surface area contributed by atoms with E-state index in [2.05, 4.69) is 34.6 Å². The lowest BCUT2D eigenvalue weighted by atomic mass is 9.70. The van der Waals surface area contributed by atoms with Crippen LogP contribution >= 0.6 is 0 Å². The van der Waals surface area contributed by atoms with Crippen LogP contribution in [0.15, 0.2) is 11.1 Å². The predicted octanol–water partition coefficient (Wildman–Crippen LogP) is 3.78. The van der Waals surface area contributed by atoms with Crippen LogP contribution in [0.4, 0.5) is 0 Å². The van der Waals surface area contributed by atoms with Crippen LogP contribution in [0.5, 0.6) is 0 Å². The van der Waals surface area contributed by atoms with Crippen molar-refractivity contribution in [2.45, 2.75) is 47.5 Å². The van der Waals surface area contributed by atoms with Crippen molar-refractivity contribution >= 4 is 0 Å². The SMILES string of the molecule is CC1=C(C)C(C)(C)CCC1C. The summed E-state index contributed by atoms with van der Waals surface area (Å²) in [7, 11) is 0. The molecule has 0 aliphatic heterocycles. The highest BCUT2D eigenvalue weighted by Gasteiger charge is 2.28. The molecule has 0 spiro atoms. The first-order chi connectivity index (χ1) is 4.95. The van der Waals surface area contributed by atoms with Crippen molar-refractivity contribution in [2.24, 2.45) is 11.3 Å². The van der Waals surface area contributed by atoms with Crippen molar-refractivity contribution in [3.05, 3.63) is 11.1 Å². The summed E-state index contributed by atoms with van der Waals surface area (Å²) in [4.78, 5) is 0. The molecule has 1 atom stereocenters. The van der Waals surface area contributed by atoms with E-state index < -0.39 is 0 Å². The molecule has 0 radical (unpaired) electrons. The Morgan fingerprint density at radius 1 is 1.27 bits per heavy atom. The predicted molar refractivity (Wildman–Crippen MR) is 50.6 cm³/mol. The Morgan fingerprint density at radius 3 is 2.27 bits per heavy atom. The molecule has 0 aromatic carbocycles. The maximum atomic E-state index is 2.36. The molecule has 1 rings (SSSR count). The third-order valence-corrected chi connectivity index (χ3v) is 3.55. The van der Waals surface area contributed by atoms with Gasteiger partial charge in [-0.15, -0.1) is 0 Å². The second kappa shape index (κ2) is 2.66. The fourth-order valence-corrected chi connectivity index (χ4v) is 1.88. The fraction of sp³-hybridized carbons (Fsp3) is 0.818. The first-order valence-corrected chi connectivity index (χ1v) is 4.63. The molecule has 0 nitrogen and oxygen atoms in total. The minimum atomic E-state index is 0.469. The average molecular weight is 152 g/mol. The van der Waals surface area contributed by atoms with E-state index in [1.54, 1.807) is 11.1 Å². The highest BCUT2D eigenvalue weighted by atomic mass is 14.3. The first kappa shape index (κ1) is 8.83. The zero-order valence-electron chi connectivity index (χ0n) is 8.49. The Hall–Kier alpha value is -0.260. The number of hydrogen-bond donors (Lipinski definition) is 0. The van der Waals surface area contributed by atoms with Crippen molar-refractivity contribution in [3.8, 4) is 0 Å². The Kier molecular flexibility index (Phi) is 2.13. The highest BCUT2D eigenvalue weighted by molar-refractivity contribution is 5.21. The Balaban J connectivity index is 2.97. The van der Waals surface area contributed by atoms with E-state index in [0.717, 1.165) is 5.92 Å². The molecule has 1 aliphatic rings. The summed E-state index contributed by atoms with van der Waals surface area (Å²) in [6.45, 7) is 11.6. The normalized spacial score (nSPS) is 30.8. The van der Waals surface area contributed by atoms with Gasteiger partial charge in [0, 0.05) is 0 Å². The molecule has 0 amide bonds. The van der Waals surface area contributed by atoms with E-state index in [9.17, 15) is 0 Å². The molecule has 64 valence electrons. The standard InChI is InChI=1S/C11H20/c1-8-6-7-11(4,5)10(3)9(8)2/h8H,6-7H2,1-5H3. The van der Waals surface area contributed by atoms with E-state index in [0.29, 0.717) is 5.41 Å². The summed E-state index contributed by atoms with van der Waals surface area (Å²) in [6.07, 6.45) is 2.73. The van der Waals surface area contributed by atoms with Crippen LogP contribution in [0.1, 0.15) is 47.5 Å². The second-order valence-electron chi connectivity index (χ2n) is 4.63. The van der Waals surface area contributed by atoms with Gasteiger partial charge in [0.15, 0.2) is 0 Å². The van der Waals surface area contributed by atoms with Gasteiger partial charge in [0.1, 0.15) is 0 Å². The summed E-state index contributed by atoms with van der Waals surface area (Å²) < 4.78 is 0. The van der Waals surface area contributed by atoms with Gasteiger partial charge in [0.2, 0.25) is 0 Å². The lowest BCUT2D eigenvalue weighted by Gasteiger charge is -2.35. The molecular weight excluding hydrogens is 132 g/mol. The van der Waals surface area contributed by atoms with E-state index in [-0.39, 0.29) is 0 Å². The average Bonchev–Trinajstić information content (AvgIpc) is 1.95. The smallest absolute Gasteiger partial charge is 0.0145 e. The minimum Gasteiger partial charge on any atom is -0.0710 e. The maximum absolute atomic E-state index is 2.36. The van der Waals surface area contributed by atoms with Crippen LogP contribution in [0.3, 0.4) is 0 Å². The number of rotatable bonds is 0. The maximum Gasteiger partial charge on any atom is -0.0145 e. The van der Waals surface area contributed by atoms with Crippen molar-refractivity contribution in [3.63, 3.8) is 0 Å². The zero-order chi connectivity index (χ0) is 8.65. The van der Waals surface area contributed by atoms with Gasteiger partial charge < -0.3 is 0 Å². The molecule has 0 aromatic heterocycles. The topological polar surface area (TPSA) is 0 Å². The lowest BCUT2D eigenvalue weighted by Crippen LogP contribution is -2.22. The fourth-order valence-electron chi connectivity index (χ4n) is 1.88. The summed E-state index contributed by atoms with van der Waals surface area (Å²) in [5.41, 5.74) is 3.72. The van der Waals surface area contributed by atoms with Gasteiger partial charge in [0.05, 0.1) is 0 Å². The lowest BCUT2D eigenvalue weighted by molar-refractivity contribution is 0.331. The van der Waals surface area contributed by atoms with E-state index >= 15 is 0 Å². The molecule has 0 heteroatoms. The van der Waals surface area contributed by atoms with E-state index in [4.69, 9.17) is 0 Å². The van der Waals surface area contributed by atoms with Gasteiger partial charge in [0.25, 0.3) is 0 Å².